The Morgan fingerprint density at radius 2 is 2.19 bits per heavy atom. The molecule has 0 aliphatic carbocycles. The summed E-state index contributed by atoms with van der Waals surface area (Å²) in [7, 11) is 0. The SMILES string of the molecule is CCOC(C)(C)CNCc1cncc(Br)c1. The normalized spacial score (nSPS) is 11.8. The summed E-state index contributed by atoms with van der Waals surface area (Å²) in [6.07, 6.45) is 3.65. The average Bonchev–Trinajstić information content (AvgIpc) is 2.17. The molecule has 0 radical (unpaired) electrons. The third-order valence-corrected chi connectivity index (χ3v) is 2.61. The van der Waals surface area contributed by atoms with E-state index < -0.39 is 0 Å². The molecular formula is C12H19BrN2O. The van der Waals surface area contributed by atoms with Gasteiger partial charge < -0.3 is 10.1 Å². The van der Waals surface area contributed by atoms with E-state index in [1.165, 1.54) is 5.56 Å². The number of hydrogen-bond acceptors (Lipinski definition) is 3. The molecule has 1 aromatic heterocycles. The summed E-state index contributed by atoms with van der Waals surface area (Å²) in [5.41, 5.74) is 1.05. The van der Waals surface area contributed by atoms with Crippen molar-refractivity contribution in [2.24, 2.45) is 0 Å². The van der Waals surface area contributed by atoms with Gasteiger partial charge >= 0.3 is 0 Å². The van der Waals surface area contributed by atoms with E-state index in [2.05, 4.69) is 46.1 Å². The molecule has 0 saturated heterocycles. The largest absolute Gasteiger partial charge is 0.375 e. The van der Waals surface area contributed by atoms with Crippen LogP contribution in [0.15, 0.2) is 22.9 Å². The van der Waals surface area contributed by atoms with Crippen molar-refractivity contribution in [3.63, 3.8) is 0 Å². The number of nitrogens with one attached hydrogen (secondary N) is 1. The zero-order valence-electron chi connectivity index (χ0n) is 10.1. The van der Waals surface area contributed by atoms with Gasteiger partial charge in [-0.25, -0.2) is 0 Å². The molecule has 0 fully saturated rings. The Labute approximate surface area is 106 Å². The monoisotopic (exact) mass is 286 g/mol. The number of ether oxygens (including phenoxy) is 1. The Morgan fingerprint density at radius 1 is 1.44 bits per heavy atom. The van der Waals surface area contributed by atoms with Crippen molar-refractivity contribution in [2.75, 3.05) is 13.2 Å². The van der Waals surface area contributed by atoms with Crippen LogP contribution in [0.3, 0.4) is 0 Å². The Morgan fingerprint density at radius 3 is 2.81 bits per heavy atom. The lowest BCUT2D eigenvalue weighted by molar-refractivity contribution is -0.00897. The van der Waals surface area contributed by atoms with Crippen molar-refractivity contribution in [3.05, 3.63) is 28.5 Å². The first-order chi connectivity index (χ1) is 7.53. The molecule has 0 atom stereocenters. The maximum Gasteiger partial charge on any atom is 0.0750 e. The Balaban J connectivity index is 2.35. The molecule has 4 heteroatoms. The van der Waals surface area contributed by atoms with Crippen LogP contribution in [-0.4, -0.2) is 23.7 Å². The van der Waals surface area contributed by atoms with Gasteiger partial charge in [0.25, 0.3) is 0 Å². The summed E-state index contributed by atoms with van der Waals surface area (Å²) in [5, 5.41) is 3.37. The van der Waals surface area contributed by atoms with Gasteiger partial charge in [0.1, 0.15) is 0 Å². The minimum Gasteiger partial charge on any atom is -0.375 e. The third-order valence-electron chi connectivity index (χ3n) is 2.18. The van der Waals surface area contributed by atoms with E-state index in [1.54, 1.807) is 6.20 Å². The van der Waals surface area contributed by atoms with E-state index in [1.807, 2.05) is 13.1 Å². The minimum absolute atomic E-state index is 0.117. The van der Waals surface area contributed by atoms with Gasteiger partial charge in [-0.2, -0.15) is 0 Å². The van der Waals surface area contributed by atoms with Gasteiger partial charge in [0, 0.05) is 36.6 Å². The molecule has 1 rings (SSSR count). The predicted molar refractivity (Wildman–Crippen MR) is 69.3 cm³/mol. The van der Waals surface area contributed by atoms with Crippen molar-refractivity contribution < 1.29 is 4.74 Å². The number of nitrogens with zero attached hydrogens (tertiary/aromatic N) is 1. The first-order valence-corrected chi connectivity index (χ1v) is 6.27. The summed E-state index contributed by atoms with van der Waals surface area (Å²) < 4.78 is 6.61. The van der Waals surface area contributed by atoms with E-state index in [-0.39, 0.29) is 5.60 Å². The Kier molecular flexibility index (Phi) is 5.38. The number of halogens is 1. The van der Waals surface area contributed by atoms with Gasteiger partial charge in [0.05, 0.1) is 5.60 Å². The molecule has 90 valence electrons. The molecule has 1 N–H and O–H groups in total. The second-order valence-electron chi connectivity index (χ2n) is 4.31. The number of hydrogen-bond donors (Lipinski definition) is 1. The van der Waals surface area contributed by atoms with Crippen molar-refractivity contribution in [2.45, 2.75) is 32.9 Å². The van der Waals surface area contributed by atoms with Crippen molar-refractivity contribution in [3.8, 4) is 0 Å². The van der Waals surface area contributed by atoms with E-state index in [4.69, 9.17) is 4.74 Å². The maximum absolute atomic E-state index is 5.60. The van der Waals surface area contributed by atoms with Gasteiger partial charge in [-0.1, -0.05) is 0 Å². The van der Waals surface area contributed by atoms with Gasteiger partial charge in [0.15, 0.2) is 0 Å². The first kappa shape index (κ1) is 13.6. The van der Waals surface area contributed by atoms with Crippen LogP contribution in [0.4, 0.5) is 0 Å². The minimum atomic E-state index is -0.117. The molecule has 16 heavy (non-hydrogen) atoms. The van der Waals surface area contributed by atoms with Gasteiger partial charge in [-0.05, 0) is 48.3 Å². The Bertz CT molecular complexity index is 329. The van der Waals surface area contributed by atoms with Gasteiger partial charge in [-0.15, -0.1) is 0 Å². The van der Waals surface area contributed by atoms with E-state index in [0.29, 0.717) is 0 Å². The van der Waals surface area contributed by atoms with Crippen molar-refractivity contribution >= 4 is 15.9 Å². The van der Waals surface area contributed by atoms with Gasteiger partial charge in [-0.3, -0.25) is 4.98 Å². The molecular weight excluding hydrogens is 268 g/mol. The van der Waals surface area contributed by atoms with Crippen LogP contribution >= 0.6 is 15.9 Å². The molecule has 0 unspecified atom stereocenters. The third kappa shape index (κ3) is 5.05. The lowest BCUT2D eigenvalue weighted by Gasteiger charge is -2.25. The molecule has 0 aliphatic heterocycles. The zero-order chi connectivity index (χ0) is 12.0. The highest BCUT2D eigenvalue weighted by Crippen LogP contribution is 2.10. The molecule has 3 nitrogen and oxygen atoms in total. The first-order valence-electron chi connectivity index (χ1n) is 5.47. The summed E-state index contributed by atoms with van der Waals surface area (Å²) in [6, 6.07) is 2.06. The Hall–Kier alpha value is -0.450. The molecule has 0 saturated carbocycles. The lowest BCUT2D eigenvalue weighted by Crippen LogP contribution is -2.37. The van der Waals surface area contributed by atoms with E-state index >= 15 is 0 Å². The summed E-state index contributed by atoms with van der Waals surface area (Å²) in [5.74, 6) is 0. The summed E-state index contributed by atoms with van der Waals surface area (Å²) >= 11 is 3.40. The predicted octanol–water partition coefficient (Wildman–Crippen LogP) is 2.75. The molecule has 0 amide bonds. The van der Waals surface area contributed by atoms with Crippen LogP contribution in [0.2, 0.25) is 0 Å². The molecule has 0 bridgehead atoms. The fourth-order valence-electron chi connectivity index (χ4n) is 1.50. The average molecular weight is 287 g/mol. The standard InChI is InChI=1S/C12H19BrN2O/c1-4-16-12(2,3)9-15-7-10-5-11(13)8-14-6-10/h5-6,8,15H,4,7,9H2,1-3H3. The second kappa shape index (κ2) is 6.33. The highest BCUT2D eigenvalue weighted by molar-refractivity contribution is 9.10. The molecule has 0 spiro atoms. The van der Waals surface area contributed by atoms with Crippen molar-refractivity contribution in [1.82, 2.24) is 10.3 Å². The molecule has 0 aliphatic rings. The molecule has 0 aromatic carbocycles. The van der Waals surface area contributed by atoms with Crippen LogP contribution in [0.1, 0.15) is 26.3 Å². The van der Waals surface area contributed by atoms with Crippen LogP contribution in [-0.2, 0) is 11.3 Å². The van der Waals surface area contributed by atoms with E-state index in [9.17, 15) is 0 Å². The molecule has 1 aromatic rings. The fraction of sp³-hybridized carbons (Fsp3) is 0.583. The topological polar surface area (TPSA) is 34.1 Å². The lowest BCUT2D eigenvalue weighted by atomic mass is 10.1. The quantitative estimate of drug-likeness (QED) is 0.873. The van der Waals surface area contributed by atoms with E-state index in [0.717, 1.165) is 24.2 Å². The van der Waals surface area contributed by atoms with Gasteiger partial charge in [0.2, 0.25) is 0 Å². The zero-order valence-corrected chi connectivity index (χ0v) is 11.7. The summed E-state index contributed by atoms with van der Waals surface area (Å²) in [4.78, 5) is 4.12. The molecule has 1 heterocycles. The highest BCUT2D eigenvalue weighted by atomic mass is 79.9. The van der Waals surface area contributed by atoms with Crippen molar-refractivity contribution in [1.29, 1.82) is 0 Å². The van der Waals surface area contributed by atoms with Crippen LogP contribution in [0.25, 0.3) is 0 Å². The van der Waals surface area contributed by atoms with Crippen LogP contribution < -0.4 is 5.32 Å². The number of pyridine rings is 1. The second-order valence-corrected chi connectivity index (χ2v) is 5.22. The fourth-order valence-corrected chi connectivity index (χ4v) is 1.91. The number of rotatable bonds is 6. The van der Waals surface area contributed by atoms with Crippen LogP contribution in [0.5, 0.6) is 0 Å². The number of aromatic nitrogens is 1. The highest BCUT2D eigenvalue weighted by Gasteiger charge is 2.16. The van der Waals surface area contributed by atoms with Crippen LogP contribution in [0, 0.1) is 0 Å². The smallest absolute Gasteiger partial charge is 0.0750 e. The maximum atomic E-state index is 5.60. The summed E-state index contributed by atoms with van der Waals surface area (Å²) in [6.45, 7) is 8.56.